The molecule has 0 aliphatic heterocycles. The molecule has 4 atom stereocenters. The Labute approximate surface area is 148 Å². The van der Waals surface area contributed by atoms with Crippen molar-refractivity contribution in [1.29, 1.82) is 0 Å². The molecular weight excluding hydrogens is 300 g/mol. The van der Waals surface area contributed by atoms with Crippen LogP contribution in [0.15, 0.2) is 0 Å². The van der Waals surface area contributed by atoms with E-state index in [4.69, 9.17) is 4.74 Å². The van der Waals surface area contributed by atoms with Crippen LogP contribution >= 0.6 is 0 Å². The highest BCUT2D eigenvalue weighted by molar-refractivity contribution is 5.67. The molecule has 1 amide bonds. The zero-order valence-corrected chi connectivity index (χ0v) is 16.4. The van der Waals surface area contributed by atoms with E-state index in [2.05, 4.69) is 24.5 Å². The number of carbonyl (C=O) groups excluding carboxylic acids is 1. The lowest BCUT2D eigenvalue weighted by Gasteiger charge is -2.38. The van der Waals surface area contributed by atoms with Crippen molar-refractivity contribution in [2.75, 3.05) is 6.54 Å². The second-order valence-electron chi connectivity index (χ2n) is 9.15. The fourth-order valence-corrected chi connectivity index (χ4v) is 4.47. The normalized spacial score (nSPS) is 31.2. The summed E-state index contributed by atoms with van der Waals surface area (Å²) in [7, 11) is 0. The number of nitrogens with one attached hydrogen (secondary N) is 2. The molecule has 4 heteroatoms. The van der Waals surface area contributed by atoms with Crippen molar-refractivity contribution < 1.29 is 9.53 Å². The van der Waals surface area contributed by atoms with E-state index in [0.717, 1.165) is 18.4 Å². The molecule has 2 rings (SSSR count). The summed E-state index contributed by atoms with van der Waals surface area (Å²) >= 11 is 0. The molecule has 0 aromatic rings. The van der Waals surface area contributed by atoms with Crippen molar-refractivity contribution in [3.05, 3.63) is 0 Å². The predicted molar refractivity (Wildman–Crippen MR) is 99.1 cm³/mol. The van der Waals surface area contributed by atoms with E-state index < -0.39 is 5.60 Å². The molecule has 0 heterocycles. The average Bonchev–Trinajstić information content (AvgIpc) is 2.91. The number of alkyl carbamates (subject to hydrolysis) is 1. The third kappa shape index (κ3) is 5.94. The van der Waals surface area contributed by atoms with E-state index in [1.165, 1.54) is 44.9 Å². The van der Waals surface area contributed by atoms with Crippen LogP contribution in [-0.2, 0) is 4.74 Å². The Hall–Kier alpha value is -0.770. The maximum absolute atomic E-state index is 11.9. The van der Waals surface area contributed by atoms with Crippen molar-refractivity contribution in [3.63, 3.8) is 0 Å². The van der Waals surface area contributed by atoms with Gasteiger partial charge in [-0.2, -0.15) is 0 Å². The Morgan fingerprint density at radius 3 is 2.38 bits per heavy atom. The van der Waals surface area contributed by atoms with Crippen molar-refractivity contribution in [3.8, 4) is 0 Å². The molecule has 0 aromatic heterocycles. The van der Waals surface area contributed by atoms with Crippen molar-refractivity contribution in [1.82, 2.24) is 10.6 Å². The predicted octanol–water partition coefficient (Wildman–Crippen LogP) is 4.48. The fourth-order valence-electron chi connectivity index (χ4n) is 4.47. The molecule has 4 unspecified atom stereocenters. The number of carbonyl (C=O) groups is 1. The molecule has 2 aliphatic carbocycles. The minimum Gasteiger partial charge on any atom is -0.444 e. The molecule has 0 bridgehead atoms. The number of rotatable bonds is 5. The van der Waals surface area contributed by atoms with Crippen molar-refractivity contribution >= 4 is 6.09 Å². The Balaban J connectivity index is 1.83. The second-order valence-corrected chi connectivity index (χ2v) is 9.15. The molecule has 0 spiro atoms. The minimum atomic E-state index is -0.427. The van der Waals surface area contributed by atoms with Gasteiger partial charge in [-0.3, -0.25) is 0 Å². The standard InChI is InChI=1S/C20H38N2O2/c1-14(2)16-10-6-7-11-18(16)22-17-12-8-9-15(17)13-21-19(23)24-20(3,4)5/h14-18,22H,6-13H2,1-5H3,(H,21,23). The van der Waals surface area contributed by atoms with Crippen LogP contribution in [0, 0.1) is 17.8 Å². The summed E-state index contributed by atoms with van der Waals surface area (Å²) in [4.78, 5) is 11.9. The molecular formula is C20H38N2O2. The monoisotopic (exact) mass is 338 g/mol. The fraction of sp³-hybridized carbons (Fsp3) is 0.950. The molecule has 140 valence electrons. The quantitative estimate of drug-likeness (QED) is 0.777. The number of ether oxygens (including phenoxy) is 1. The first-order chi connectivity index (χ1) is 11.3. The number of amides is 1. The van der Waals surface area contributed by atoms with Crippen LogP contribution in [0.3, 0.4) is 0 Å². The zero-order chi connectivity index (χ0) is 17.7. The maximum Gasteiger partial charge on any atom is 0.407 e. The van der Waals surface area contributed by atoms with Gasteiger partial charge in [-0.05, 0) is 64.2 Å². The first-order valence-corrected chi connectivity index (χ1v) is 9.99. The van der Waals surface area contributed by atoms with Crippen LogP contribution in [-0.4, -0.2) is 30.3 Å². The molecule has 24 heavy (non-hydrogen) atoms. The van der Waals surface area contributed by atoms with E-state index >= 15 is 0 Å². The van der Waals surface area contributed by atoms with Crippen LogP contribution < -0.4 is 10.6 Å². The van der Waals surface area contributed by atoms with Gasteiger partial charge in [0.05, 0.1) is 0 Å². The summed E-state index contributed by atoms with van der Waals surface area (Å²) in [6.45, 7) is 11.2. The molecule has 0 saturated heterocycles. The highest BCUT2D eigenvalue weighted by atomic mass is 16.6. The molecule has 2 aliphatic rings. The third-order valence-corrected chi connectivity index (χ3v) is 5.67. The largest absolute Gasteiger partial charge is 0.444 e. The summed E-state index contributed by atoms with van der Waals surface area (Å²) in [5, 5.41) is 6.96. The molecule has 2 fully saturated rings. The molecule has 2 saturated carbocycles. The molecule has 0 radical (unpaired) electrons. The first kappa shape index (κ1) is 19.6. The van der Waals surface area contributed by atoms with Crippen molar-refractivity contribution in [2.24, 2.45) is 17.8 Å². The second kappa shape index (κ2) is 8.55. The van der Waals surface area contributed by atoms with Gasteiger partial charge >= 0.3 is 6.09 Å². The molecule has 4 nitrogen and oxygen atoms in total. The topological polar surface area (TPSA) is 50.4 Å². The zero-order valence-electron chi connectivity index (χ0n) is 16.4. The number of hydrogen-bond acceptors (Lipinski definition) is 3. The smallest absolute Gasteiger partial charge is 0.407 e. The van der Waals surface area contributed by atoms with E-state index in [0.29, 0.717) is 18.0 Å². The van der Waals surface area contributed by atoms with Gasteiger partial charge in [0.2, 0.25) is 0 Å². The molecule has 0 aromatic carbocycles. The Morgan fingerprint density at radius 2 is 1.71 bits per heavy atom. The van der Waals surface area contributed by atoms with E-state index in [1.807, 2.05) is 20.8 Å². The average molecular weight is 339 g/mol. The SMILES string of the molecule is CC(C)C1CCCCC1NC1CCCC1CNC(=O)OC(C)(C)C. The third-order valence-electron chi connectivity index (χ3n) is 5.67. The highest BCUT2D eigenvalue weighted by Crippen LogP contribution is 2.33. The van der Waals surface area contributed by atoms with Gasteiger partial charge < -0.3 is 15.4 Å². The van der Waals surface area contributed by atoms with E-state index in [9.17, 15) is 4.79 Å². The lowest BCUT2D eigenvalue weighted by atomic mass is 9.77. The highest BCUT2D eigenvalue weighted by Gasteiger charge is 2.34. The van der Waals surface area contributed by atoms with Gasteiger partial charge in [0.25, 0.3) is 0 Å². The first-order valence-electron chi connectivity index (χ1n) is 9.99. The summed E-state index contributed by atoms with van der Waals surface area (Å²) < 4.78 is 5.36. The summed E-state index contributed by atoms with van der Waals surface area (Å²) in [6, 6.07) is 1.20. The maximum atomic E-state index is 11.9. The van der Waals surface area contributed by atoms with Gasteiger partial charge in [-0.25, -0.2) is 4.79 Å². The van der Waals surface area contributed by atoms with Gasteiger partial charge in [-0.15, -0.1) is 0 Å². The van der Waals surface area contributed by atoms with Gasteiger partial charge in [-0.1, -0.05) is 33.1 Å². The van der Waals surface area contributed by atoms with E-state index in [-0.39, 0.29) is 6.09 Å². The summed E-state index contributed by atoms with van der Waals surface area (Å²) in [5.74, 6) is 2.09. The van der Waals surface area contributed by atoms with Crippen LogP contribution in [0.25, 0.3) is 0 Å². The Kier molecular flexibility index (Phi) is 6.97. The minimum absolute atomic E-state index is 0.286. The van der Waals surface area contributed by atoms with Crippen LogP contribution in [0.1, 0.15) is 79.6 Å². The van der Waals surface area contributed by atoms with Gasteiger partial charge in [0.1, 0.15) is 5.60 Å². The number of hydrogen-bond donors (Lipinski definition) is 2. The molecule has 2 N–H and O–H groups in total. The van der Waals surface area contributed by atoms with Crippen molar-refractivity contribution in [2.45, 2.75) is 97.2 Å². The Bertz CT molecular complexity index is 403. The van der Waals surface area contributed by atoms with E-state index in [1.54, 1.807) is 0 Å². The van der Waals surface area contributed by atoms with Gasteiger partial charge in [0.15, 0.2) is 0 Å². The lowest BCUT2D eigenvalue weighted by Crippen LogP contribution is -2.49. The lowest BCUT2D eigenvalue weighted by molar-refractivity contribution is 0.0516. The van der Waals surface area contributed by atoms with Crippen LogP contribution in [0.5, 0.6) is 0 Å². The summed E-state index contributed by atoms with van der Waals surface area (Å²) in [6.07, 6.45) is 8.83. The Morgan fingerprint density at radius 1 is 1.04 bits per heavy atom. The summed E-state index contributed by atoms with van der Waals surface area (Å²) in [5.41, 5.74) is -0.427. The van der Waals surface area contributed by atoms with Gasteiger partial charge in [0, 0.05) is 18.6 Å². The van der Waals surface area contributed by atoms with Crippen LogP contribution in [0.2, 0.25) is 0 Å². The van der Waals surface area contributed by atoms with Crippen LogP contribution in [0.4, 0.5) is 4.79 Å².